The molecule has 0 radical (unpaired) electrons. The Balaban J connectivity index is 2.73. The quantitative estimate of drug-likeness (QED) is 0.502. The van der Waals surface area contributed by atoms with Crippen molar-refractivity contribution in [3.8, 4) is 11.8 Å². The predicted molar refractivity (Wildman–Crippen MR) is 68.2 cm³/mol. The summed E-state index contributed by atoms with van der Waals surface area (Å²) < 4.78 is 4.94. The first-order valence-electron chi connectivity index (χ1n) is 5.47. The van der Waals surface area contributed by atoms with Gasteiger partial charge in [-0.15, -0.1) is 0 Å². The van der Waals surface area contributed by atoms with Crippen LogP contribution in [0.4, 0.5) is 0 Å². The molecule has 0 fully saturated rings. The van der Waals surface area contributed by atoms with Crippen molar-refractivity contribution >= 4 is 17.3 Å². The van der Waals surface area contributed by atoms with Crippen LogP contribution in [0.1, 0.15) is 33.7 Å². The lowest BCUT2D eigenvalue weighted by Crippen LogP contribution is -2.05. The molecule has 1 aromatic rings. The second-order valence-corrected chi connectivity index (χ2v) is 4.31. The van der Waals surface area contributed by atoms with Crippen molar-refractivity contribution in [3.63, 3.8) is 0 Å². The van der Waals surface area contributed by atoms with Crippen molar-refractivity contribution < 1.29 is 9.53 Å². The number of hydrogen-bond donors (Lipinski definition) is 1. The molecule has 0 bridgehead atoms. The van der Waals surface area contributed by atoms with Crippen LogP contribution in [0.5, 0.6) is 0 Å². The SMILES string of the molecule is CCOC(=O)c1sc(C#CCCNC)nc1C. The van der Waals surface area contributed by atoms with Crippen LogP contribution in [0.15, 0.2) is 0 Å². The lowest BCUT2D eigenvalue weighted by Gasteiger charge is -1.97. The Hall–Kier alpha value is -1.38. The Morgan fingerprint density at radius 1 is 1.59 bits per heavy atom. The van der Waals surface area contributed by atoms with Gasteiger partial charge >= 0.3 is 5.97 Å². The fourth-order valence-electron chi connectivity index (χ4n) is 1.16. The summed E-state index contributed by atoms with van der Waals surface area (Å²) in [4.78, 5) is 16.3. The monoisotopic (exact) mass is 252 g/mol. The summed E-state index contributed by atoms with van der Waals surface area (Å²) in [5.74, 6) is 5.63. The van der Waals surface area contributed by atoms with Gasteiger partial charge in [0.1, 0.15) is 4.88 Å². The smallest absolute Gasteiger partial charge is 0.350 e. The molecule has 5 heteroatoms. The van der Waals surface area contributed by atoms with Crippen LogP contribution in [0.3, 0.4) is 0 Å². The number of ether oxygens (including phenoxy) is 1. The molecule has 1 aromatic heterocycles. The van der Waals surface area contributed by atoms with Crippen molar-refractivity contribution in [1.82, 2.24) is 10.3 Å². The van der Waals surface area contributed by atoms with Gasteiger partial charge in [-0.05, 0) is 26.8 Å². The van der Waals surface area contributed by atoms with Crippen molar-refractivity contribution in [2.45, 2.75) is 20.3 Å². The standard InChI is InChI=1S/C12H16N2O2S/c1-4-16-12(15)11-9(2)14-10(17-11)7-5-6-8-13-3/h13H,4,6,8H2,1-3H3. The molecule has 92 valence electrons. The summed E-state index contributed by atoms with van der Waals surface area (Å²) >= 11 is 1.29. The molecule has 4 nitrogen and oxygen atoms in total. The largest absolute Gasteiger partial charge is 0.462 e. The van der Waals surface area contributed by atoms with Crippen LogP contribution < -0.4 is 5.32 Å². The normalized spacial score (nSPS) is 9.59. The Kier molecular flexibility index (Phi) is 5.67. The fraction of sp³-hybridized carbons (Fsp3) is 0.500. The van der Waals surface area contributed by atoms with E-state index in [9.17, 15) is 4.79 Å². The number of rotatable bonds is 4. The molecule has 1 heterocycles. The first-order valence-corrected chi connectivity index (χ1v) is 6.28. The minimum Gasteiger partial charge on any atom is -0.462 e. The summed E-state index contributed by atoms with van der Waals surface area (Å²) in [5.41, 5.74) is 0.686. The number of nitrogens with one attached hydrogen (secondary N) is 1. The van der Waals surface area contributed by atoms with Gasteiger partial charge in [0, 0.05) is 13.0 Å². The Bertz CT molecular complexity index is 443. The lowest BCUT2D eigenvalue weighted by atomic mass is 10.4. The van der Waals surface area contributed by atoms with Crippen LogP contribution in [0.2, 0.25) is 0 Å². The van der Waals surface area contributed by atoms with Gasteiger partial charge in [0.15, 0.2) is 5.01 Å². The minimum atomic E-state index is -0.314. The molecule has 1 rings (SSSR count). The summed E-state index contributed by atoms with van der Waals surface area (Å²) in [5, 5.41) is 3.68. The van der Waals surface area contributed by atoms with E-state index in [4.69, 9.17) is 4.74 Å². The van der Waals surface area contributed by atoms with Gasteiger partial charge in [-0.1, -0.05) is 17.3 Å². The number of carbonyl (C=O) groups excluding carboxylic acids is 1. The van der Waals surface area contributed by atoms with Crippen molar-refractivity contribution in [2.75, 3.05) is 20.2 Å². The van der Waals surface area contributed by atoms with Gasteiger partial charge in [-0.25, -0.2) is 9.78 Å². The molecule has 0 aliphatic carbocycles. The average Bonchev–Trinajstić information content (AvgIpc) is 2.66. The molecule has 0 saturated carbocycles. The third kappa shape index (κ3) is 4.17. The van der Waals surface area contributed by atoms with E-state index in [1.807, 2.05) is 7.05 Å². The van der Waals surface area contributed by atoms with Crippen LogP contribution in [0.25, 0.3) is 0 Å². The second-order valence-electron chi connectivity index (χ2n) is 3.31. The van der Waals surface area contributed by atoms with E-state index < -0.39 is 0 Å². The Morgan fingerprint density at radius 3 is 3.00 bits per heavy atom. The molecule has 17 heavy (non-hydrogen) atoms. The summed E-state index contributed by atoms with van der Waals surface area (Å²) in [6, 6.07) is 0. The number of carbonyl (C=O) groups is 1. The second kappa shape index (κ2) is 7.05. The summed E-state index contributed by atoms with van der Waals surface area (Å²) in [6.07, 6.45) is 0.768. The maximum absolute atomic E-state index is 11.5. The molecular weight excluding hydrogens is 236 g/mol. The molecule has 0 unspecified atom stereocenters. The highest BCUT2D eigenvalue weighted by molar-refractivity contribution is 7.14. The predicted octanol–water partition coefficient (Wildman–Crippen LogP) is 1.59. The van der Waals surface area contributed by atoms with Crippen LogP contribution in [-0.4, -0.2) is 31.2 Å². The molecule has 0 atom stereocenters. The van der Waals surface area contributed by atoms with Crippen molar-refractivity contribution in [3.05, 3.63) is 15.6 Å². The molecule has 0 aliphatic heterocycles. The number of esters is 1. The molecule has 0 amide bonds. The first-order chi connectivity index (χ1) is 8.19. The maximum atomic E-state index is 11.5. The topological polar surface area (TPSA) is 51.2 Å². The number of thiazole rings is 1. The van der Waals surface area contributed by atoms with Gasteiger partial charge in [0.2, 0.25) is 0 Å². The highest BCUT2D eigenvalue weighted by Gasteiger charge is 2.15. The highest BCUT2D eigenvalue weighted by atomic mass is 32.1. The summed E-state index contributed by atoms with van der Waals surface area (Å²) in [7, 11) is 1.88. The summed E-state index contributed by atoms with van der Waals surface area (Å²) in [6.45, 7) is 4.80. The fourth-order valence-corrected chi connectivity index (χ4v) is 2.00. The third-order valence-electron chi connectivity index (χ3n) is 1.95. The third-order valence-corrected chi connectivity index (χ3v) is 3.01. The van der Waals surface area contributed by atoms with E-state index in [0.29, 0.717) is 22.2 Å². The van der Waals surface area contributed by atoms with Crippen molar-refractivity contribution in [1.29, 1.82) is 0 Å². The van der Waals surface area contributed by atoms with Gasteiger partial charge in [-0.3, -0.25) is 0 Å². The number of aromatic nitrogens is 1. The number of aryl methyl sites for hydroxylation is 1. The maximum Gasteiger partial charge on any atom is 0.350 e. The van der Waals surface area contributed by atoms with Gasteiger partial charge < -0.3 is 10.1 Å². The molecule has 0 spiro atoms. The molecule has 0 aromatic carbocycles. The average molecular weight is 252 g/mol. The van der Waals surface area contributed by atoms with E-state index in [1.165, 1.54) is 11.3 Å². The van der Waals surface area contributed by atoms with E-state index in [1.54, 1.807) is 13.8 Å². The van der Waals surface area contributed by atoms with Gasteiger partial charge in [0.25, 0.3) is 0 Å². The molecule has 0 saturated heterocycles. The molecular formula is C12H16N2O2S. The van der Waals surface area contributed by atoms with Crippen LogP contribution in [0, 0.1) is 18.8 Å². The lowest BCUT2D eigenvalue weighted by molar-refractivity contribution is 0.0531. The van der Waals surface area contributed by atoms with Crippen molar-refractivity contribution in [2.24, 2.45) is 0 Å². The first kappa shape index (κ1) is 13.7. The highest BCUT2D eigenvalue weighted by Crippen LogP contribution is 2.18. The number of hydrogen-bond acceptors (Lipinski definition) is 5. The van der Waals surface area contributed by atoms with Gasteiger partial charge in [0.05, 0.1) is 12.3 Å². The zero-order valence-corrected chi connectivity index (χ0v) is 11.1. The van der Waals surface area contributed by atoms with Crippen LogP contribution in [-0.2, 0) is 4.74 Å². The minimum absolute atomic E-state index is 0.314. The zero-order valence-electron chi connectivity index (χ0n) is 10.3. The number of nitrogens with zero attached hydrogens (tertiary/aromatic N) is 1. The van der Waals surface area contributed by atoms with E-state index in [-0.39, 0.29) is 5.97 Å². The Labute approximate surface area is 105 Å². The van der Waals surface area contributed by atoms with E-state index in [0.717, 1.165) is 13.0 Å². The van der Waals surface area contributed by atoms with Crippen LogP contribution >= 0.6 is 11.3 Å². The van der Waals surface area contributed by atoms with Gasteiger partial charge in [-0.2, -0.15) is 0 Å². The van der Waals surface area contributed by atoms with E-state index in [2.05, 4.69) is 22.1 Å². The molecule has 1 N–H and O–H groups in total. The Morgan fingerprint density at radius 2 is 2.35 bits per heavy atom. The van der Waals surface area contributed by atoms with E-state index >= 15 is 0 Å². The molecule has 0 aliphatic rings. The zero-order chi connectivity index (χ0) is 12.7.